The number of amides is 2. The molecule has 1 saturated heterocycles. The lowest BCUT2D eigenvalue weighted by molar-refractivity contribution is -0.143. The molecule has 2 fully saturated rings. The number of nitrogens with zero attached hydrogens (tertiary/aromatic N) is 1. The van der Waals surface area contributed by atoms with Gasteiger partial charge in [0.05, 0.1) is 22.2 Å². The van der Waals surface area contributed by atoms with Gasteiger partial charge in [0.1, 0.15) is 5.82 Å². The highest BCUT2D eigenvalue weighted by Gasteiger charge is 2.47. The van der Waals surface area contributed by atoms with E-state index in [1.165, 1.54) is 12.1 Å². The molecule has 218 valence electrons. The number of anilines is 1. The Morgan fingerprint density at radius 1 is 0.975 bits per heavy atom. The van der Waals surface area contributed by atoms with Gasteiger partial charge in [0.2, 0.25) is 11.8 Å². The van der Waals surface area contributed by atoms with Crippen LogP contribution >= 0.6 is 0 Å². The van der Waals surface area contributed by atoms with E-state index in [0.29, 0.717) is 50.5 Å². The molecule has 2 N–H and O–H groups in total. The highest BCUT2D eigenvalue weighted by atomic mass is 19.4. The van der Waals surface area contributed by atoms with Crippen LogP contribution in [0.2, 0.25) is 0 Å². The van der Waals surface area contributed by atoms with Crippen molar-refractivity contribution in [2.45, 2.75) is 64.5 Å². The summed E-state index contributed by atoms with van der Waals surface area (Å²) in [5, 5.41) is 5.12. The molecule has 1 aliphatic carbocycles. The fourth-order valence-electron chi connectivity index (χ4n) is 5.17. The summed E-state index contributed by atoms with van der Waals surface area (Å²) in [6, 6.07) is 5.68. The Morgan fingerprint density at radius 3 is 2.20 bits per heavy atom. The van der Waals surface area contributed by atoms with Crippen LogP contribution in [-0.2, 0) is 35.0 Å². The summed E-state index contributed by atoms with van der Waals surface area (Å²) < 4.78 is 93.6. The monoisotopic (exact) mass is 573 g/mol. The number of carbonyl (C=O) groups is 2. The largest absolute Gasteiger partial charge is 0.416 e. The van der Waals surface area contributed by atoms with Crippen molar-refractivity contribution in [2.75, 3.05) is 18.4 Å². The summed E-state index contributed by atoms with van der Waals surface area (Å²) in [7, 11) is 0. The Labute approximate surface area is 227 Å². The first-order chi connectivity index (χ1) is 18.7. The molecule has 40 heavy (non-hydrogen) atoms. The normalized spacial score (nSPS) is 20.0. The van der Waals surface area contributed by atoms with Crippen LogP contribution in [0.5, 0.6) is 0 Å². The minimum absolute atomic E-state index is 0.0588. The maximum atomic E-state index is 14.2. The molecular weight excluding hydrogens is 543 g/mol. The van der Waals surface area contributed by atoms with Crippen molar-refractivity contribution in [3.8, 4) is 0 Å². The third-order valence-corrected chi connectivity index (χ3v) is 7.42. The van der Waals surface area contributed by atoms with Gasteiger partial charge in [-0.1, -0.05) is 25.8 Å². The molecule has 2 aromatic rings. The van der Waals surface area contributed by atoms with Crippen LogP contribution in [0.25, 0.3) is 0 Å². The molecule has 12 heteroatoms. The zero-order chi connectivity index (χ0) is 29.3. The van der Waals surface area contributed by atoms with Gasteiger partial charge in [-0.15, -0.1) is 0 Å². The minimum atomic E-state index is -4.97. The number of likely N-dealkylation sites (tertiary alicyclic amines) is 1. The van der Waals surface area contributed by atoms with E-state index in [1.54, 1.807) is 13.0 Å². The van der Waals surface area contributed by atoms with Gasteiger partial charge in [0.25, 0.3) is 0 Å². The molecule has 0 bridgehead atoms. The van der Waals surface area contributed by atoms with Crippen molar-refractivity contribution in [1.29, 1.82) is 0 Å². The van der Waals surface area contributed by atoms with Gasteiger partial charge in [-0.05, 0) is 66.8 Å². The maximum Gasteiger partial charge on any atom is 0.416 e. The van der Waals surface area contributed by atoms with Gasteiger partial charge < -0.3 is 10.6 Å². The summed E-state index contributed by atoms with van der Waals surface area (Å²) in [6.07, 6.45) is -6.82. The van der Waals surface area contributed by atoms with Crippen LogP contribution in [0.15, 0.2) is 36.4 Å². The number of halogens is 7. The molecule has 0 spiro atoms. The Morgan fingerprint density at radius 2 is 1.62 bits per heavy atom. The van der Waals surface area contributed by atoms with Gasteiger partial charge in [-0.3, -0.25) is 14.5 Å². The maximum absolute atomic E-state index is 14.2. The van der Waals surface area contributed by atoms with E-state index >= 15 is 0 Å². The number of nitrogens with one attached hydrogen (secondary N) is 2. The first-order valence-electron chi connectivity index (χ1n) is 13.1. The molecule has 1 unspecified atom stereocenters. The molecule has 2 amide bonds. The van der Waals surface area contributed by atoms with E-state index in [9.17, 15) is 40.3 Å². The predicted molar refractivity (Wildman–Crippen MR) is 133 cm³/mol. The van der Waals surface area contributed by atoms with Crippen LogP contribution in [0.1, 0.15) is 61.3 Å². The second kappa shape index (κ2) is 11.4. The average molecular weight is 574 g/mol. The van der Waals surface area contributed by atoms with E-state index < -0.39 is 47.2 Å². The van der Waals surface area contributed by atoms with Crippen LogP contribution < -0.4 is 10.6 Å². The van der Waals surface area contributed by atoms with E-state index in [1.807, 2.05) is 4.90 Å². The number of hydrogen-bond acceptors (Lipinski definition) is 3. The number of hydrogen-bond donors (Lipinski definition) is 2. The van der Waals surface area contributed by atoms with Gasteiger partial charge >= 0.3 is 12.4 Å². The van der Waals surface area contributed by atoms with Crippen molar-refractivity contribution in [2.24, 2.45) is 11.3 Å². The number of benzene rings is 2. The fraction of sp³-hybridized carbons (Fsp3) is 0.500. The first kappa shape index (κ1) is 29.8. The number of carbonyl (C=O) groups excluding carboxylic acids is 2. The van der Waals surface area contributed by atoms with E-state index in [-0.39, 0.29) is 29.6 Å². The molecular formula is C28H30F7N3O2. The lowest BCUT2D eigenvalue weighted by Crippen LogP contribution is -2.43. The Balaban J connectivity index is 1.48. The molecule has 2 aromatic carbocycles. The van der Waals surface area contributed by atoms with Gasteiger partial charge in [0.15, 0.2) is 0 Å². The van der Waals surface area contributed by atoms with Crippen LogP contribution in [-0.4, -0.2) is 29.8 Å². The van der Waals surface area contributed by atoms with Gasteiger partial charge in [-0.2, -0.15) is 26.3 Å². The molecule has 4 rings (SSSR count). The second-order valence-electron chi connectivity index (χ2n) is 10.7. The molecule has 1 saturated carbocycles. The third kappa shape index (κ3) is 7.32. The number of alkyl halides is 6. The summed E-state index contributed by atoms with van der Waals surface area (Å²) in [5.41, 5.74) is -3.22. The summed E-state index contributed by atoms with van der Waals surface area (Å²) in [6.45, 7) is 2.40. The predicted octanol–water partition coefficient (Wildman–Crippen LogP) is 6.52. The quantitative estimate of drug-likeness (QED) is 0.336. The van der Waals surface area contributed by atoms with Gasteiger partial charge in [-0.25, -0.2) is 4.39 Å². The van der Waals surface area contributed by atoms with Crippen LogP contribution in [0, 0.1) is 17.2 Å². The lowest BCUT2D eigenvalue weighted by Gasteiger charge is -2.29. The summed E-state index contributed by atoms with van der Waals surface area (Å²) >= 11 is 0. The lowest BCUT2D eigenvalue weighted by atomic mass is 9.80. The van der Waals surface area contributed by atoms with Gasteiger partial charge in [0, 0.05) is 26.1 Å². The summed E-state index contributed by atoms with van der Waals surface area (Å²) in [4.78, 5) is 27.2. The molecule has 0 radical (unpaired) electrons. The molecule has 5 nitrogen and oxygen atoms in total. The fourth-order valence-corrected chi connectivity index (χ4v) is 5.17. The zero-order valence-electron chi connectivity index (χ0n) is 21.8. The number of rotatable bonds is 9. The molecule has 1 heterocycles. The Kier molecular flexibility index (Phi) is 8.49. The highest BCUT2D eigenvalue weighted by Crippen LogP contribution is 2.46. The van der Waals surface area contributed by atoms with E-state index in [2.05, 4.69) is 10.6 Å². The van der Waals surface area contributed by atoms with Crippen molar-refractivity contribution in [1.82, 2.24) is 10.2 Å². The molecule has 0 aromatic heterocycles. The van der Waals surface area contributed by atoms with E-state index in [0.717, 1.165) is 18.4 Å². The van der Waals surface area contributed by atoms with Crippen molar-refractivity contribution in [3.63, 3.8) is 0 Å². The first-order valence-corrected chi connectivity index (χ1v) is 13.1. The smallest absolute Gasteiger partial charge is 0.352 e. The highest BCUT2D eigenvalue weighted by molar-refractivity contribution is 5.90. The Hall–Kier alpha value is -3.15. The molecule has 1 aliphatic heterocycles. The zero-order valence-corrected chi connectivity index (χ0v) is 21.8. The van der Waals surface area contributed by atoms with Crippen molar-refractivity contribution >= 4 is 17.5 Å². The topological polar surface area (TPSA) is 61.4 Å². The third-order valence-electron chi connectivity index (χ3n) is 7.42. The standard InChI is InChI=1S/C28H30F7N3O2/c1-2-24(39)37-23-11-18(5-6-22(23)29)15-38-8-7-26(16-38,13-17-3-4-17)25(40)36-14-19-9-20(27(30,31)32)12-21(10-19)28(33,34)35/h5-6,9-12,17H,2-4,7-8,13-16H2,1H3,(H,36,40)(H,37,39). The Bertz CT molecular complexity index is 1230. The van der Waals surface area contributed by atoms with Crippen LogP contribution in [0.3, 0.4) is 0 Å². The van der Waals surface area contributed by atoms with E-state index in [4.69, 9.17) is 0 Å². The van der Waals surface area contributed by atoms with Crippen LogP contribution in [0.4, 0.5) is 36.4 Å². The van der Waals surface area contributed by atoms with Crippen molar-refractivity contribution < 1.29 is 40.3 Å². The average Bonchev–Trinajstić information content (AvgIpc) is 3.60. The molecule has 1 atom stereocenters. The second-order valence-corrected chi connectivity index (χ2v) is 10.7. The SMILES string of the molecule is CCC(=O)Nc1cc(CN2CCC(CC3CC3)(C(=O)NCc3cc(C(F)(F)F)cc(C(F)(F)F)c3)C2)ccc1F. The molecule has 2 aliphatic rings. The van der Waals surface area contributed by atoms with Crippen molar-refractivity contribution in [3.05, 3.63) is 64.5 Å². The minimum Gasteiger partial charge on any atom is -0.352 e. The summed E-state index contributed by atoms with van der Waals surface area (Å²) in [5.74, 6) is -0.987.